The fourth-order valence-corrected chi connectivity index (χ4v) is 1.57. The maximum Gasteiger partial charge on any atom is 0.0781 e. The first-order valence-electron chi connectivity index (χ1n) is 3.82. The van der Waals surface area contributed by atoms with Crippen molar-refractivity contribution in [3.05, 3.63) is 0 Å². The van der Waals surface area contributed by atoms with Gasteiger partial charge in [-0.1, -0.05) is 9.39 Å². The molecular formula is C8H14NOP. The van der Waals surface area contributed by atoms with E-state index in [0.29, 0.717) is 6.42 Å². The fraction of sp³-hybridized carbons (Fsp3) is 0.750. The van der Waals surface area contributed by atoms with Gasteiger partial charge in [-0.3, -0.25) is 4.67 Å². The molecule has 0 radical (unpaired) electrons. The van der Waals surface area contributed by atoms with Crippen molar-refractivity contribution in [3.8, 4) is 12.3 Å². The monoisotopic (exact) mass is 171 g/mol. The number of hydrogen-bond acceptors (Lipinski definition) is 2. The largest absolute Gasteiger partial charge is 0.389 e. The number of rotatable bonds is 1. The van der Waals surface area contributed by atoms with E-state index in [2.05, 4.69) is 20.0 Å². The Bertz CT molecular complexity index is 167. The SMILES string of the molecule is C#CCC1(O)CCN(P)CC1. The molecule has 1 atom stereocenters. The molecule has 1 N–H and O–H groups in total. The van der Waals surface area contributed by atoms with E-state index >= 15 is 0 Å². The summed E-state index contributed by atoms with van der Waals surface area (Å²) in [5, 5.41) is 9.81. The van der Waals surface area contributed by atoms with Gasteiger partial charge in [-0.2, -0.15) is 0 Å². The summed E-state index contributed by atoms with van der Waals surface area (Å²) >= 11 is 0. The third kappa shape index (κ3) is 2.45. The molecule has 1 aliphatic heterocycles. The summed E-state index contributed by atoms with van der Waals surface area (Å²) in [5.74, 6) is 2.52. The van der Waals surface area contributed by atoms with E-state index in [1.807, 2.05) is 0 Å². The van der Waals surface area contributed by atoms with E-state index in [-0.39, 0.29) is 0 Å². The van der Waals surface area contributed by atoms with Crippen LogP contribution in [0.1, 0.15) is 19.3 Å². The van der Waals surface area contributed by atoms with Crippen LogP contribution >= 0.6 is 9.39 Å². The molecule has 0 aromatic rings. The second-order valence-electron chi connectivity index (χ2n) is 3.14. The quantitative estimate of drug-likeness (QED) is 0.462. The second-order valence-corrected chi connectivity index (χ2v) is 3.87. The number of terminal acetylenes is 1. The van der Waals surface area contributed by atoms with Crippen molar-refractivity contribution in [2.75, 3.05) is 13.1 Å². The van der Waals surface area contributed by atoms with E-state index < -0.39 is 5.60 Å². The van der Waals surface area contributed by atoms with Gasteiger partial charge in [0.1, 0.15) is 0 Å². The molecule has 1 rings (SSSR count). The molecule has 0 aromatic carbocycles. The minimum Gasteiger partial charge on any atom is -0.389 e. The maximum atomic E-state index is 9.81. The topological polar surface area (TPSA) is 23.5 Å². The Balaban J connectivity index is 2.43. The summed E-state index contributed by atoms with van der Waals surface area (Å²) in [6.07, 6.45) is 7.23. The molecule has 1 fully saturated rings. The first kappa shape index (κ1) is 9.00. The minimum absolute atomic E-state index is 0.492. The highest BCUT2D eigenvalue weighted by Gasteiger charge is 2.29. The number of hydrogen-bond donors (Lipinski definition) is 1. The summed E-state index contributed by atoms with van der Waals surface area (Å²) in [4.78, 5) is 0. The minimum atomic E-state index is -0.582. The van der Waals surface area contributed by atoms with Crippen LogP contribution in [0.15, 0.2) is 0 Å². The molecule has 0 aliphatic carbocycles. The zero-order valence-electron chi connectivity index (χ0n) is 6.58. The van der Waals surface area contributed by atoms with Crippen LogP contribution in [0.2, 0.25) is 0 Å². The van der Waals surface area contributed by atoms with Gasteiger partial charge in [-0.25, -0.2) is 0 Å². The molecule has 0 bridgehead atoms. The normalized spacial score (nSPS) is 24.5. The van der Waals surface area contributed by atoms with Crippen molar-refractivity contribution in [2.45, 2.75) is 24.9 Å². The maximum absolute atomic E-state index is 9.81. The van der Waals surface area contributed by atoms with E-state index in [1.165, 1.54) is 0 Å². The Morgan fingerprint density at radius 2 is 2.09 bits per heavy atom. The predicted molar refractivity (Wildman–Crippen MR) is 48.9 cm³/mol. The Kier molecular flexibility index (Phi) is 2.90. The lowest BCUT2D eigenvalue weighted by Gasteiger charge is -2.34. The second kappa shape index (κ2) is 3.54. The Morgan fingerprint density at radius 3 is 2.55 bits per heavy atom. The Morgan fingerprint density at radius 1 is 1.55 bits per heavy atom. The average molecular weight is 171 g/mol. The van der Waals surface area contributed by atoms with Gasteiger partial charge in [0, 0.05) is 19.5 Å². The molecular weight excluding hydrogens is 157 g/mol. The summed E-state index contributed by atoms with van der Waals surface area (Å²) in [5.41, 5.74) is -0.582. The first-order valence-corrected chi connectivity index (χ1v) is 4.33. The van der Waals surface area contributed by atoms with Gasteiger partial charge >= 0.3 is 0 Å². The molecule has 11 heavy (non-hydrogen) atoms. The van der Waals surface area contributed by atoms with Crippen LogP contribution < -0.4 is 0 Å². The van der Waals surface area contributed by atoms with Crippen molar-refractivity contribution < 1.29 is 5.11 Å². The van der Waals surface area contributed by atoms with Crippen LogP contribution in [0.25, 0.3) is 0 Å². The predicted octanol–water partition coefficient (Wildman–Crippen LogP) is 0.627. The highest BCUT2D eigenvalue weighted by molar-refractivity contribution is 7.13. The molecule has 0 amide bonds. The Labute approximate surface area is 70.2 Å². The van der Waals surface area contributed by atoms with Crippen LogP contribution in [0.4, 0.5) is 0 Å². The van der Waals surface area contributed by atoms with Crippen molar-refractivity contribution in [3.63, 3.8) is 0 Å². The summed E-state index contributed by atoms with van der Waals surface area (Å²) in [6, 6.07) is 0. The molecule has 0 saturated carbocycles. The number of piperidine rings is 1. The standard InChI is InChI=1S/C8H14NOP/c1-2-3-8(10)4-6-9(11)7-5-8/h1,10H,3-7,11H2. The smallest absolute Gasteiger partial charge is 0.0781 e. The number of nitrogens with zero attached hydrogens (tertiary/aromatic N) is 1. The van der Waals surface area contributed by atoms with Gasteiger partial charge in [-0.05, 0) is 12.8 Å². The van der Waals surface area contributed by atoms with Gasteiger partial charge in [-0.15, -0.1) is 12.3 Å². The van der Waals surface area contributed by atoms with Crippen LogP contribution in [-0.4, -0.2) is 28.5 Å². The van der Waals surface area contributed by atoms with E-state index in [4.69, 9.17) is 6.42 Å². The van der Waals surface area contributed by atoms with Crippen LogP contribution in [0.3, 0.4) is 0 Å². The molecule has 0 aromatic heterocycles. The molecule has 1 aliphatic rings. The van der Waals surface area contributed by atoms with Crippen LogP contribution in [0, 0.1) is 12.3 Å². The number of aliphatic hydroxyl groups is 1. The summed E-state index contributed by atoms with van der Waals surface area (Å²) in [6.45, 7) is 1.84. The zero-order chi connectivity index (χ0) is 8.32. The third-order valence-electron chi connectivity index (χ3n) is 2.16. The average Bonchev–Trinajstić information content (AvgIpc) is 1.97. The van der Waals surface area contributed by atoms with Crippen LogP contribution in [-0.2, 0) is 0 Å². The van der Waals surface area contributed by atoms with Crippen molar-refractivity contribution in [1.82, 2.24) is 4.67 Å². The van der Waals surface area contributed by atoms with E-state index in [1.54, 1.807) is 0 Å². The molecule has 0 spiro atoms. The van der Waals surface area contributed by atoms with Crippen LogP contribution in [0.5, 0.6) is 0 Å². The molecule has 1 heterocycles. The van der Waals surface area contributed by atoms with Crippen molar-refractivity contribution in [1.29, 1.82) is 0 Å². The first-order chi connectivity index (χ1) is 5.16. The Hall–Kier alpha value is -0.0900. The molecule has 62 valence electrons. The lowest BCUT2D eigenvalue weighted by molar-refractivity contribution is 0.00122. The summed E-state index contributed by atoms with van der Waals surface area (Å²) < 4.78 is 2.13. The van der Waals surface area contributed by atoms with E-state index in [9.17, 15) is 5.11 Å². The van der Waals surface area contributed by atoms with Gasteiger partial charge in [0.15, 0.2) is 0 Å². The lowest BCUT2D eigenvalue weighted by Crippen LogP contribution is -2.40. The molecule has 2 nitrogen and oxygen atoms in total. The summed E-state index contributed by atoms with van der Waals surface area (Å²) in [7, 11) is 2.64. The highest BCUT2D eigenvalue weighted by Crippen LogP contribution is 2.26. The van der Waals surface area contributed by atoms with Crippen molar-refractivity contribution >= 4 is 9.39 Å². The van der Waals surface area contributed by atoms with Crippen molar-refractivity contribution in [2.24, 2.45) is 0 Å². The molecule has 1 unspecified atom stereocenters. The van der Waals surface area contributed by atoms with E-state index in [0.717, 1.165) is 25.9 Å². The fourth-order valence-electron chi connectivity index (χ4n) is 1.31. The molecule has 3 heteroatoms. The zero-order valence-corrected chi connectivity index (χ0v) is 7.74. The lowest BCUT2D eigenvalue weighted by atomic mass is 9.89. The van der Waals surface area contributed by atoms with Gasteiger partial charge < -0.3 is 5.11 Å². The third-order valence-corrected chi connectivity index (χ3v) is 2.68. The van der Waals surface area contributed by atoms with Gasteiger partial charge in [0.05, 0.1) is 5.60 Å². The van der Waals surface area contributed by atoms with Gasteiger partial charge in [0.25, 0.3) is 0 Å². The van der Waals surface area contributed by atoms with Gasteiger partial charge in [0.2, 0.25) is 0 Å². The molecule has 1 saturated heterocycles. The highest BCUT2D eigenvalue weighted by atomic mass is 31.0.